The third-order valence-corrected chi connectivity index (χ3v) is 5.55. The van der Waals surface area contributed by atoms with E-state index in [2.05, 4.69) is 5.32 Å². The van der Waals surface area contributed by atoms with E-state index in [9.17, 15) is 4.79 Å². The first-order valence-corrected chi connectivity index (χ1v) is 7.32. The second kappa shape index (κ2) is 3.75. The van der Waals surface area contributed by atoms with Crippen molar-refractivity contribution in [2.24, 2.45) is 29.6 Å². The number of aryl methyl sites for hydroxylation is 1. The van der Waals surface area contributed by atoms with E-state index in [1.807, 2.05) is 25.1 Å². The molecule has 1 amide bonds. The maximum atomic E-state index is 12.4. The molecular weight excluding hydrogens is 236 g/mol. The molecule has 3 nitrogen and oxygen atoms in total. The fourth-order valence-electron chi connectivity index (χ4n) is 4.72. The molecule has 3 aliphatic rings. The molecule has 3 fully saturated rings. The highest BCUT2D eigenvalue weighted by Crippen LogP contribution is 2.69. The first-order chi connectivity index (χ1) is 9.15. The van der Waals surface area contributed by atoms with Crippen LogP contribution in [0.3, 0.4) is 0 Å². The first kappa shape index (κ1) is 11.3. The molecule has 0 aromatic heterocycles. The van der Waals surface area contributed by atoms with Gasteiger partial charge in [0.05, 0.1) is 0 Å². The van der Waals surface area contributed by atoms with Crippen molar-refractivity contribution >= 4 is 17.3 Å². The zero-order chi connectivity index (χ0) is 13.1. The molecular formula is C16H20N2O. The van der Waals surface area contributed by atoms with Crippen LogP contribution in [0, 0.1) is 36.5 Å². The fraction of sp³-hybridized carbons (Fsp3) is 0.562. The maximum absolute atomic E-state index is 12.4. The number of benzene rings is 1. The lowest BCUT2D eigenvalue weighted by Gasteiger charge is -2.11. The standard InChI is InChI=1S/C16H20N2O/c1-8-6-11(17)4-5-12(8)18-16(19)15-13-9-2-3-10(7-9)14(13)15/h4-6,9-10,13-15H,2-3,7,17H2,1H3,(H,18,19). The van der Waals surface area contributed by atoms with E-state index in [0.29, 0.717) is 17.8 Å². The summed E-state index contributed by atoms with van der Waals surface area (Å²) < 4.78 is 0. The third-order valence-electron chi connectivity index (χ3n) is 5.55. The van der Waals surface area contributed by atoms with E-state index < -0.39 is 0 Å². The molecule has 100 valence electrons. The van der Waals surface area contributed by atoms with Crippen LogP contribution in [-0.4, -0.2) is 5.91 Å². The van der Waals surface area contributed by atoms with Crippen molar-refractivity contribution in [2.45, 2.75) is 26.2 Å². The number of fused-ring (bicyclic) bond motifs is 5. The van der Waals surface area contributed by atoms with Gasteiger partial charge in [-0.1, -0.05) is 0 Å². The maximum Gasteiger partial charge on any atom is 0.228 e. The molecule has 0 saturated heterocycles. The van der Waals surface area contributed by atoms with E-state index in [-0.39, 0.29) is 5.91 Å². The third kappa shape index (κ3) is 1.60. The molecule has 4 atom stereocenters. The predicted molar refractivity (Wildman–Crippen MR) is 75.5 cm³/mol. The molecule has 0 aliphatic heterocycles. The van der Waals surface area contributed by atoms with Gasteiger partial charge in [0.15, 0.2) is 0 Å². The average molecular weight is 256 g/mol. The van der Waals surface area contributed by atoms with Gasteiger partial charge in [0.25, 0.3) is 0 Å². The fourth-order valence-corrected chi connectivity index (χ4v) is 4.72. The first-order valence-electron chi connectivity index (χ1n) is 7.32. The van der Waals surface area contributed by atoms with Crippen LogP contribution in [0.2, 0.25) is 0 Å². The monoisotopic (exact) mass is 256 g/mol. The summed E-state index contributed by atoms with van der Waals surface area (Å²) in [7, 11) is 0. The summed E-state index contributed by atoms with van der Waals surface area (Å²) >= 11 is 0. The van der Waals surface area contributed by atoms with Crippen molar-refractivity contribution in [3.05, 3.63) is 23.8 Å². The highest BCUT2D eigenvalue weighted by molar-refractivity contribution is 5.96. The Morgan fingerprint density at radius 1 is 1.26 bits per heavy atom. The van der Waals surface area contributed by atoms with E-state index in [1.54, 1.807) is 0 Å². The predicted octanol–water partition coefficient (Wildman–Crippen LogP) is 2.81. The van der Waals surface area contributed by atoms with E-state index >= 15 is 0 Å². The van der Waals surface area contributed by atoms with Crippen LogP contribution in [0.1, 0.15) is 24.8 Å². The highest BCUT2D eigenvalue weighted by Gasteiger charge is 2.67. The summed E-state index contributed by atoms with van der Waals surface area (Å²) in [4.78, 5) is 12.4. The van der Waals surface area contributed by atoms with Crippen molar-refractivity contribution in [1.29, 1.82) is 0 Å². The number of hydrogen-bond donors (Lipinski definition) is 2. The molecule has 0 radical (unpaired) electrons. The van der Waals surface area contributed by atoms with Gasteiger partial charge in [0.2, 0.25) is 5.91 Å². The molecule has 3 aliphatic carbocycles. The Kier molecular flexibility index (Phi) is 2.23. The minimum Gasteiger partial charge on any atom is -0.399 e. The molecule has 19 heavy (non-hydrogen) atoms. The number of amides is 1. The van der Waals surface area contributed by atoms with Gasteiger partial charge in [-0.2, -0.15) is 0 Å². The number of rotatable bonds is 2. The largest absolute Gasteiger partial charge is 0.399 e. The molecule has 2 bridgehead atoms. The molecule has 0 heterocycles. The second-order valence-electron chi connectivity index (χ2n) is 6.58. The molecule has 1 aromatic carbocycles. The quantitative estimate of drug-likeness (QED) is 0.799. The van der Waals surface area contributed by atoms with Crippen LogP contribution in [-0.2, 0) is 4.79 Å². The average Bonchev–Trinajstić information content (AvgIpc) is 2.82. The summed E-state index contributed by atoms with van der Waals surface area (Å²) in [6.07, 6.45) is 4.10. The van der Waals surface area contributed by atoms with Crippen molar-refractivity contribution in [3.8, 4) is 0 Å². The molecule has 3 heteroatoms. The Labute approximate surface area is 113 Å². The number of carbonyl (C=O) groups is 1. The summed E-state index contributed by atoms with van der Waals surface area (Å²) in [5, 5.41) is 3.10. The van der Waals surface area contributed by atoms with Crippen LogP contribution in [0.25, 0.3) is 0 Å². The van der Waals surface area contributed by atoms with Gasteiger partial charge in [-0.25, -0.2) is 0 Å². The Morgan fingerprint density at radius 2 is 1.95 bits per heavy atom. The number of nitrogen functional groups attached to an aromatic ring is 1. The number of anilines is 2. The van der Waals surface area contributed by atoms with E-state index in [4.69, 9.17) is 5.73 Å². The Balaban J connectivity index is 1.48. The van der Waals surface area contributed by atoms with Crippen LogP contribution in [0.15, 0.2) is 18.2 Å². The van der Waals surface area contributed by atoms with E-state index in [0.717, 1.165) is 28.8 Å². The van der Waals surface area contributed by atoms with Gasteiger partial charge in [-0.15, -0.1) is 0 Å². The lowest BCUT2D eigenvalue weighted by atomic mass is 10.0. The van der Waals surface area contributed by atoms with Gasteiger partial charge in [0.1, 0.15) is 0 Å². The topological polar surface area (TPSA) is 55.1 Å². The number of carbonyl (C=O) groups excluding carboxylic acids is 1. The highest BCUT2D eigenvalue weighted by atomic mass is 16.2. The zero-order valence-electron chi connectivity index (χ0n) is 11.2. The molecule has 3 N–H and O–H groups in total. The lowest BCUT2D eigenvalue weighted by Crippen LogP contribution is -2.19. The Hall–Kier alpha value is -1.51. The molecule has 1 aromatic rings. The van der Waals surface area contributed by atoms with Crippen molar-refractivity contribution in [2.75, 3.05) is 11.1 Å². The second-order valence-corrected chi connectivity index (χ2v) is 6.58. The van der Waals surface area contributed by atoms with Gasteiger partial charge in [-0.05, 0) is 73.6 Å². The number of nitrogens with one attached hydrogen (secondary N) is 1. The number of hydrogen-bond acceptors (Lipinski definition) is 2. The van der Waals surface area contributed by atoms with Crippen LogP contribution >= 0.6 is 0 Å². The summed E-state index contributed by atoms with van der Waals surface area (Å²) in [6, 6.07) is 5.67. The molecule has 4 rings (SSSR count). The SMILES string of the molecule is Cc1cc(N)ccc1NC(=O)C1C2C3CCC(C3)C12. The van der Waals surface area contributed by atoms with Crippen molar-refractivity contribution in [3.63, 3.8) is 0 Å². The van der Waals surface area contributed by atoms with Crippen molar-refractivity contribution in [1.82, 2.24) is 0 Å². The Bertz CT molecular complexity index is 538. The van der Waals surface area contributed by atoms with E-state index in [1.165, 1.54) is 19.3 Å². The summed E-state index contributed by atoms with van der Waals surface area (Å²) in [5.74, 6) is 3.62. The van der Waals surface area contributed by atoms with Crippen molar-refractivity contribution < 1.29 is 4.79 Å². The summed E-state index contributed by atoms with van der Waals surface area (Å²) in [6.45, 7) is 1.99. The molecule has 3 saturated carbocycles. The smallest absolute Gasteiger partial charge is 0.228 e. The molecule has 0 spiro atoms. The lowest BCUT2D eigenvalue weighted by molar-refractivity contribution is -0.118. The van der Waals surface area contributed by atoms with Gasteiger partial charge in [0, 0.05) is 17.3 Å². The van der Waals surface area contributed by atoms with Crippen LogP contribution in [0.5, 0.6) is 0 Å². The molecule has 4 unspecified atom stereocenters. The Morgan fingerprint density at radius 3 is 2.58 bits per heavy atom. The van der Waals surface area contributed by atoms with Gasteiger partial charge < -0.3 is 11.1 Å². The van der Waals surface area contributed by atoms with Crippen LogP contribution < -0.4 is 11.1 Å². The minimum absolute atomic E-state index is 0.236. The minimum atomic E-state index is 0.236. The number of nitrogens with two attached hydrogens (primary N) is 1. The van der Waals surface area contributed by atoms with Gasteiger partial charge in [-0.3, -0.25) is 4.79 Å². The zero-order valence-corrected chi connectivity index (χ0v) is 11.2. The normalized spacial score (nSPS) is 38.1. The van der Waals surface area contributed by atoms with Crippen LogP contribution in [0.4, 0.5) is 11.4 Å². The summed E-state index contributed by atoms with van der Waals surface area (Å²) in [5.41, 5.74) is 8.44. The van der Waals surface area contributed by atoms with Gasteiger partial charge >= 0.3 is 0 Å².